The van der Waals surface area contributed by atoms with Crippen LogP contribution in [-0.4, -0.2) is 37.4 Å². The number of nitrogens with zero attached hydrogens (tertiary/aromatic N) is 1. The SMILES string of the molecule is C#C[C@@H]1C[C@@H](OCc2ccc3c(c2)OCO3)CN1C. The molecule has 2 aliphatic heterocycles. The van der Waals surface area contributed by atoms with Gasteiger partial charge in [-0.2, -0.15) is 0 Å². The van der Waals surface area contributed by atoms with Crippen LogP contribution >= 0.6 is 0 Å². The molecule has 0 amide bonds. The summed E-state index contributed by atoms with van der Waals surface area (Å²) in [6.07, 6.45) is 6.58. The van der Waals surface area contributed by atoms with Gasteiger partial charge in [-0.05, 0) is 24.7 Å². The standard InChI is InChI=1S/C15H17NO3/c1-3-12-7-13(8-16(12)2)17-9-11-4-5-14-15(6-11)19-10-18-14/h1,4-6,12-13H,7-10H2,2H3/t12-,13-/m1/s1. The molecule has 1 aromatic rings. The zero-order valence-corrected chi connectivity index (χ0v) is 11.0. The Kier molecular flexibility index (Phi) is 3.33. The van der Waals surface area contributed by atoms with Gasteiger partial charge in [-0.15, -0.1) is 6.42 Å². The van der Waals surface area contributed by atoms with E-state index in [0.717, 1.165) is 30.0 Å². The van der Waals surface area contributed by atoms with Crippen molar-refractivity contribution in [2.24, 2.45) is 0 Å². The van der Waals surface area contributed by atoms with Crippen LogP contribution in [0.3, 0.4) is 0 Å². The van der Waals surface area contributed by atoms with Crippen LogP contribution in [0.25, 0.3) is 0 Å². The highest BCUT2D eigenvalue weighted by atomic mass is 16.7. The lowest BCUT2D eigenvalue weighted by atomic mass is 10.2. The van der Waals surface area contributed by atoms with Crippen molar-refractivity contribution < 1.29 is 14.2 Å². The number of rotatable bonds is 3. The molecule has 2 aliphatic rings. The predicted octanol–water partition coefficient (Wildman–Crippen LogP) is 1.64. The van der Waals surface area contributed by atoms with Crippen molar-refractivity contribution in [3.05, 3.63) is 23.8 Å². The Bertz CT molecular complexity index is 509. The Morgan fingerprint density at radius 1 is 1.42 bits per heavy atom. The molecule has 0 aliphatic carbocycles. The number of hydrogen-bond donors (Lipinski definition) is 0. The molecule has 0 bridgehead atoms. The van der Waals surface area contributed by atoms with Crippen molar-refractivity contribution in [1.29, 1.82) is 0 Å². The summed E-state index contributed by atoms with van der Waals surface area (Å²) in [6, 6.07) is 6.10. The third kappa shape index (κ3) is 2.53. The first kappa shape index (κ1) is 12.3. The topological polar surface area (TPSA) is 30.9 Å². The molecule has 0 unspecified atom stereocenters. The Labute approximate surface area is 113 Å². The molecule has 2 heterocycles. The van der Waals surface area contributed by atoms with Gasteiger partial charge in [0.05, 0.1) is 18.8 Å². The molecule has 4 nitrogen and oxygen atoms in total. The van der Waals surface area contributed by atoms with E-state index in [1.807, 2.05) is 25.2 Å². The molecule has 1 aromatic carbocycles. The van der Waals surface area contributed by atoms with Crippen molar-refractivity contribution in [2.75, 3.05) is 20.4 Å². The van der Waals surface area contributed by atoms with Gasteiger partial charge >= 0.3 is 0 Å². The van der Waals surface area contributed by atoms with Crippen LogP contribution in [-0.2, 0) is 11.3 Å². The smallest absolute Gasteiger partial charge is 0.231 e. The first-order valence-corrected chi connectivity index (χ1v) is 6.43. The molecule has 3 rings (SSSR count). The van der Waals surface area contributed by atoms with Crippen molar-refractivity contribution in [3.63, 3.8) is 0 Å². The summed E-state index contributed by atoms with van der Waals surface area (Å²) in [5, 5.41) is 0. The van der Waals surface area contributed by atoms with E-state index in [4.69, 9.17) is 20.6 Å². The minimum Gasteiger partial charge on any atom is -0.454 e. The number of likely N-dealkylation sites (N-methyl/N-ethyl adjacent to an activating group) is 1. The number of terminal acetylenes is 1. The Hall–Kier alpha value is -1.70. The maximum Gasteiger partial charge on any atom is 0.231 e. The maximum absolute atomic E-state index is 5.92. The van der Waals surface area contributed by atoms with Crippen molar-refractivity contribution in [2.45, 2.75) is 25.2 Å². The summed E-state index contributed by atoms with van der Waals surface area (Å²) in [5.74, 6) is 4.39. The molecule has 0 radical (unpaired) electrons. The van der Waals surface area contributed by atoms with Crippen LogP contribution in [0.4, 0.5) is 0 Å². The molecule has 1 fully saturated rings. The first-order valence-electron chi connectivity index (χ1n) is 6.43. The maximum atomic E-state index is 5.92. The zero-order valence-electron chi connectivity index (χ0n) is 11.0. The Morgan fingerprint density at radius 3 is 3.05 bits per heavy atom. The van der Waals surface area contributed by atoms with E-state index in [-0.39, 0.29) is 12.1 Å². The Balaban J connectivity index is 1.57. The molecule has 1 saturated heterocycles. The van der Waals surface area contributed by atoms with E-state index in [0.29, 0.717) is 13.4 Å². The van der Waals surface area contributed by atoms with Gasteiger partial charge in [-0.3, -0.25) is 4.90 Å². The van der Waals surface area contributed by atoms with Gasteiger partial charge in [0.15, 0.2) is 11.5 Å². The van der Waals surface area contributed by atoms with Crippen LogP contribution < -0.4 is 9.47 Å². The van der Waals surface area contributed by atoms with Gasteiger partial charge in [0.1, 0.15) is 0 Å². The second-order valence-electron chi connectivity index (χ2n) is 4.98. The zero-order chi connectivity index (χ0) is 13.2. The average molecular weight is 259 g/mol. The van der Waals surface area contributed by atoms with E-state index in [1.54, 1.807) is 0 Å². The van der Waals surface area contributed by atoms with Gasteiger partial charge in [-0.1, -0.05) is 12.0 Å². The summed E-state index contributed by atoms with van der Waals surface area (Å²) in [5.41, 5.74) is 1.09. The molecule has 0 spiro atoms. The Morgan fingerprint density at radius 2 is 2.26 bits per heavy atom. The van der Waals surface area contributed by atoms with Crippen molar-refractivity contribution >= 4 is 0 Å². The molecular formula is C15H17NO3. The van der Waals surface area contributed by atoms with E-state index < -0.39 is 0 Å². The lowest BCUT2D eigenvalue weighted by molar-refractivity contribution is 0.0481. The van der Waals surface area contributed by atoms with Crippen molar-refractivity contribution in [1.82, 2.24) is 4.90 Å². The second kappa shape index (κ2) is 5.12. The number of ether oxygens (including phenoxy) is 3. The summed E-state index contributed by atoms with van der Waals surface area (Å²) in [4.78, 5) is 2.16. The van der Waals surface area contributed by atoms with Crippen LogP contribution in [0.2, 0.25) is 0 Å². The lowest BCUT2D eigenvalue weighted by Crippen LogP contribution is -2.23. The first-order chi connectivity index (χ1) is 9.26. The second-order valence-corrected chi connectivity index (χ2v) is 4.98. The third-order valence-electron chi connectivity index (χ3n) is 3.62. The quantitative estimate of drug-likeness (QED) is 0.772. The van der Waals surface area contributed by atoms with Gasteiger partial charge in [-0.25, -0.2) is 0 Å². The van der Waals surface area contributed by atoms with Gasteiger partial charge in [0.2, 0.25) is 6.79 Å². The minimum atomic E-state index is 0.196. The van der Waals surface area contributed by atoms with Crippen LogP contribution in [0.5, 0.6) is 11.5 Å². The fourth-order valence-electron chi connectivity index (χ4n) is 2.51. The number of likely N-dealkylation sites (tertiary alicyclic amines) is 1. The molecule has 2 atom stereocenters. The number of hydrogen-bond acceptors (Lipinski definition) is 4. The fraction of sp³-hybridized carbons (Fsp3) is 0.467. The average Bonchev–Trinajstić information content (AvgIpc) is 3.01. The monoisotopic (exact) mass is 259 g/mol. The molecule has 19 heavy (non-hydrogen) atoms. The van der Waals surface area contributed by atoms with E-state index in [2.05, 4.69) is 10.8 Å². The van der Waals surface area contributed by atoms with E-state index >= 15 is 0 Å². The highest BCUT2D eigenvalue weighted by Crippen LogP contribution is 2.32. The highest BCUT2D eigenvalue weighted by Gasteiger charge is 2.28. The summed E-state index contributed by atoms with van der Waals surface area (Å²) in [6.45, 7) is 1.77. The largest absolute Gasteiger partial charge is 0.454 e. The predicted molar refractivity (Wildman–Crippen MR) is 71.0 cm³/mol. The molecule has 0 saturated carbocycles. The van der Waals surface area contributed by atoms with Crippen molar-refractivity contribution in [3.8, 4) is 23.8 Å². The molecule has 4 heteroatoms. The lowest BCUT2D eigenvalue weighted by Gasteiger charge is -2.12. The minimum absolute atomic E-state index is 0.196. The van der Waals surface area contributed by atoms with E-state index in [1.165, 1.54) is 0 Å². The van der Waals surface area contributed by atoms with Crippen LogP contribution in [0.15, 0.2) is 18.2 Å². The molecule has 0 aromatic heterocycles. The summed E-state index contributed by atoms with van der Waals surface area (Å²) < 4.78 is 16.5. The highest BCUT2D eigenvalue weighted by molar-refractivity contribution is 5.44. The van der Waals surface area contributed by atoms with Gasteiger partial charge in [0.25, 0.3) is 0 Å². The fourth-order valence-corrected chi connectivity index (χ4v) is 2.51. The van der Waals surface area contributed by atoms with Gasteiger partial charge in [0, 0.05) is 13.0 Å². The molecular weight excluding hydrogens is 242 g/mol. The molecule has 0 N–H and O–H groups in total. The number of benzene rings is 1. The third-order valence-corrected chi connectivity index (χ3v) is 3.62. The van der Waals surface area contributed by atoms with Crippen LogP contribution in [0, 0.1) is 12.3 Å². The van der Waals surface area contributed by atoms with Gasteiger partial charge < -0.3 is 14.2 Å². The summed E-state index contributed by atoms with van der Waals surface area (Å²) >= 11 is 0. The van der Waals surface area contributed by atoms with Crippen LogP contribution in [0.1, 0.15) is 12.0 Å². The molecule has 100 valence electrons. The normalized spacial score (nSPS) is 25.5. The summed E-state index contributed by atoms with van der Waals surface area (Å²) in [7, 11) is 2.04. The van der Waals surface area contributed by atoms with E-state index in [9.17, 15) is 0 Å². The number of fused-ring (bicyclic) bond motifs is 1.